The summed E-state index contributed by atoms with van der Waals surface area (Å²) in [5, 5.41) is 0.623. The number of rotatable bonds is 4. The number of hydrogen-bond donors (Lipinski definition) is 0. The van der Waals surface area contributed by atoms with Crippen molar-refractivity contribution in [1.82, 2.24) is 9.55 Å². The van der Waals surface area contributed by atoms with E-state index >= 15 is 0 Å². The van der Waals surface area contributed by atoms with E-state index in [-0.39, 0.29) is 11.3 Å². The molecule has 0 radical (unpaired) electrons. The molecule has 0 atom stereocenters. The highest BCUT2D eigenvalue weighted by Gasteiger charge is 2.27. The third kappa shape index (κ3) is 3.54. The monoisotopic (exact) mass is 425 g/mol. The van der Waals surface area contributed by atoms with Crippen molar-refractivity contribution in [3.63, 3.8) is 0 Å². The number of hydrogen-bond acceptors (Lipinski definition) is 5. The molecule has 0 spiro atoms. The van der Waals surface area contributed by atoms with Crippen LogP contribution < -0.4 is 15.2 Å². The highest BCUT2D eigenvalue weighted by Crippen LogP contribution is 2.35. The van der Waals surface area contributed by atoms with Gasteiger partial charge in [0.05, 0.1) is 16.6 Å². The molecule has 1 saturated heterocycles. The number of para-hydroxylation sites is 1. The van der Waals surface area contributed by atoms with Gasteiger partial charge in [-0.15, -0.1) is 0 Å². The predicted octanol–water partition coefficient (Wildman–Crippen LogP) is 4.51. The molecular weight excluding hydrogens is 402 g/mol. The average Bonchev–Trinajstić information content (AvgIpc) is 3.34. The Morgan fingerprint density at radius 3 is 2.38 bits per heavy atom. The molecule has 1 fully saturated rings. The molecule has 0 N–H and O–H groups in total. The SMILES string of the molecule is Cc1ccc(C(=O)Oc2c(N3CCCC3)c(=O)n(-c3ccccc3)c3ncccc23)cc1. The summed E-state index contributed by atoms with van der Waals surface area (Å²) in [5.74, 6) is -0.217. The molecule has 160 valence electrons. The molecule has 1 aliphatic rings. The van der Waals surface area contributed by atoms with Crippen LogP contribution in [0.5, 0.6) is 5.75 Å². The quantitative estimate of drug-likeness (QED) is 0.450. The van der Waals surface area contributed by atoms with Gasteiger partial charge in [0.15, 0.2) is 11.4 Å². The van der Waals surface area contributed by atoms with E-state index in [2.05, 4.69) is 4.98 Å². The number of carbonyl (C=O) groups excluding carboxylic acids is 1. The summed E-state index contributed by atoms with van der Waals surface area (Å²) in [7, 11) is 0. The summed E-state index contributed by atoms with van der Waals surface area (Å²) in [6, 6.07) is 20.3. The molecule has 0 bridgehead atoms. The summed E-state index contributed by atoms with van der Waals surface area (Å²) in [4.78, 5) is 33.4. The van der Waals surface area contributed by atoms with Crippen molar-refractivity contribution in [2.75, 3.05) is 18.0 Å². The molecule has 6 heteroatoms. The predicted molar refractivity (Wildman–Crippen MR) is 125 cm³/mol. The fourth-order valence-electron chi connectivity index (χ4n) is 4.16. The number of carbonyl (C=O) groups is 1. The van der Waals surface area contributed by atoms with Crippen LogP contribution in [0, 0.1) is 6.92 Å². The van der Waals surface area contributed by atoms with Crippen LogP contribution in [0.3, 0.4) is 0 Å². The van der Waals surface area contributed by atoms with Crippen LogP contribution in [-0.2, 0) is 0 Å². The number of ether oxygens (including phenoxy) is 1. The molecule has 6 nitrogen and oxygen atoms in total. The summed E-state index contributed by atoms with van der Waals surface area (Å²) >= 11 is 0. The standard InChI is InChI=1S/C26H23N3O3/c1-18-11-13-19(14-12-18)26(31)32-23-21-10-7-15-27-24(21)29(20-8-3-2-4-9-20)25(30)22(23)28-16-5-6-17-28/h2-4,7-15H,5-6,16-17H2,1H3. The van der Waals surface area contributed by atoms with Crippen LogP contribution in [0.2, 0.25) is 0 Å². The summed E-state index contributed by atoms with van der Waals surface area (Å²) in [5.41, 5.74) is 2.84. The van der Waals surface area contributed by atoms with E-state index in [1.165, 1.54) is 0 Å². The van der Waals surface area contributed by atoms with Crippen LogP contribution >= 0.6 is 0 Å². The Morgan fingerprint density at radius 2 is 1.66 bits per heavy atom. The number of aromatic nitrogens is 2. The largest absolute Gasteiger partial charge is 0.420 e. The second-order valence-corrected chi connectivity index (χ2v) is 7.98. The molecular formula is C26H23N3O3. The van der Waals surface area contributed by atoms with Crippen molar-refractivity contribution >= 4 is 22.7 Å². The summed E-state index contributed by atoms with van der Waals surface area (Å²) in [6.45, 7) is 3.44. The fraction of sp³-hybridized carbons (Fsp3) is 0.192. The van der Waals surface area contributed by atoms with Crippen LogP contribution in [0.25, 0.3) is 16.7 Å². The van der Waals surface area contributed by atoms with E-state index < -0.39 is 5.97 Å². The van der Waals surface area contributed by atoms with Crippen molar-refractivity contribution in [1.29, 1.82) is 0 Å². The van der Waals surface area contributed by atoms with Crippen molar-refractivity contribution in [3.8, 4) is 11.4 Å². The Bertz CT molecular complexity index is 1340. The lowest BCUT2D eigenvalue weighted by molar-refractivity contribution is 0.0737. The third-order valence-corrected chi connectivity index (χ3v) is 5.78. The van der Waals surface area contributed by atoms with Gasteiger partial charge in [-0.3, -0.25) is 9.36 Å². The Labute approximate surface area is 185 Å². The lowest BCUT2D eigenvalue weighted by Gasteiger charge is -2.23. The zero-order chi connectivity index (χ0) is 22.1. The first-order valence-corrected chi connectivity index (χ1v) is 10.8. The zero-order valence-corrected chi connectivity index (χ0v) is 17.8. The average molecular weight is 425 g/mol. The van der Waals surface area contributed by atoms with Gasteiger partial charge < -0.3 is 9.64 Å². The van der Waals surface area contributed by atoms with Gasteiger partial charge in [-0.1, -0.05) is 35.9 Å². The van der Waals surface area contributed by atoms with Gasteiger partial charge in [0.1, 0.15) is 5.69 Å². The van der Waals surface area contributed by atoms with Crippen molar-refractivity contribution in [3.05, 3.63) is 94.4 Å². The maximum atomic E-state index is 13.8. The maximum Gasteiger partial charge on any atom is 0.343 e. The lowest BCUT2D eigenvalue weighted by Crippen LogP contribution is -2.31. The minimum atomic E-state index is -0.493. The second-order valence-electron chi connectivity index (χ2n) is 7.98. The smallest absolute Gasteiger partial charge is 0.343 e. The molecule has 2 aromatic carbocycles. The number of aryl methyl sites for hydroxylation is 1. The maximum absolute atomic E-state index is 13.8. The van der Waals surface area contributed by atoms with Crippen molar-refractivity contribution < 1.29 is 9.53 Å². The number of esters is 1. The molecule has 5 rings (SSSR count). The zero-order valence-electron chi connectivity index (χ0n) is 17.8. The Hall–Kier alpha value is -3.93. The highest BCUT2D eigenvalue weighted by molar-refractivity contribution is 5.97. The van der Waals surface area contributed by atoms with Gasteiger partial charge in [-0.05, 0) is 56.2 Å². The topological polar surface area (TPSA) is 64.4 Å². The number of anilines is 1. The first-order chi connectivity index (χ1) is 15.6. The van der Waals surface area contributed by atoms with E-state index in [4.69, 9.17) is 4.74 Å². The highest BCUT2D eigenvalue weighted by atomic mass is 16.5. The van der Waals surface area contributed by atoms with E-state index in [0.29, 0.717) is 22.3 Å². The van der Waals surface area contributed by atoms with Gasteiger partial charge in [0.25, 0.3) is 5.56 Å². The third-order valence-electron chi connectivity index (χ3n) is 5.78. The molecule has 1 aliphatic heterocycles. The Morgan fingerprint density at radius 1 is 0.938 bits per heavy atom. The van der Waals surface area contributed by atoms with Crippen LogP contribution in [0.4, 0.5) is 5.69 Å². The Balaban J connectivity index is 1.74. The van der Waals surface area contributed by atoms with Crippen LogP contribution in [0.15, 0.2) is 77.7 Å². The van der Waals surface area contributed by atoms with E-state index in [1.54, 1.807) is 29.0 Å². The molecule has 3 heterocycles. The van der Waals surface area contributed by atoms with Crippen LogP contribution in [0.1, 0.15) is 28.8 Å². The fourth-order valence-corrected chi connectivity index (χ4v) is 4.16. The van der Waals surface area contributed by atoms with Gasteiger partial charge in [0, 0.05) is 19.3 Å². The molecule has 4 aromatic rings. The van der Waals surface area contributed by atoms with E-state index in [1.807, 2.05) is 60.4 Å². The number of benzene rings is 2. The van der Waals surface area contributed by atoms with Crippen molar-refractivity contribution in [2.45, 2.75) is 19.8 Å². The minimum absolute atomic E-state index is 0.240. The number of pyridine rings is 2. The van der Waals surface area contributed by atoms with Gasteiger partial charge in [0.2, 0.25) is 0 Å². The second kappa shape index (κ2) is 8.30. The lowest BCUT2D eigenvalue weighted by atomic mass is 10.1. The first-order valence-electron chi connectivity index (χ1n) is 10.8. The summed E-state index contributed by atoms with van der Waals surface area (Å²) in [6.07, 6.45) is 3.62. The molecule has 2 aromatic heterocycles. The van der Waals surface area contributed by atoms with E-state index in [0.717, 1.165) is 37.2 Å². The first kappa shape index (κ1) is 20.0. The van der Waals surface area contributed by atoms with Crippen molar-refractivity contribution in [2.24, 2.45) is 0 Å². The summed E-state index contributed by atoms with van der Waals surface area (Å²) < 4.78 is 7.54. The molecule has 0 aliphatic carbocycles. The molecule has 0 saturated carbocycles. The molecule has 32 heavy (non-hydrogen) atoms. The molecule has 0 amide bonds. The minimum Gasteiger partial charge on any atom is -0.420 e. The normalized spacial score (nSPS) is 13.5. The van der Waals surface area contributed by atoms with Gasteiger partial charge in [-0.2, -0.15) is 0 Å². The number of fused-ring (bicyclic) bond motifs is 1. The Kier molecular flexibility index (Phi) is 5.19. The number of nitrogens with zero attached hydrogens (tertiary/aromatic N) is 3. The molecule has 0 unspecified atom stereocenters. The van der Waals surface area contributed by atoms with Gasteiger partial charge >= 0.3 is 5.97 Å². The van der Waals surface area contributed by atoms with E-state index in [9.17, 15) is 9.59 Å². The van der Waals surface area contributed by atoms with Gasteiger partial charge in [-0.25, -0.2) is 9.78 Å². The van der Waals surface area contributed by atoms with Crippen LogP contribution in [-0.4, -0.2) is 28.6 Å².